The smallest absolute Gasteiger partial charge is 0.139 e. The summed E-state index contributed by atoms with van der Waals surface area (Å²) in [7, 11) is 0. The van der Waals surface area contributed by atoms with Crippen molar-refractivity contribution in [3.63, 3.8) is 0 Å². The first-order valence-electron chi connectivity index (χ1n) is 6.66. The summed E-state index contributed by atoms with van der Waals surface area (Å²) in [6, 6.07) is 0. The van der Waals surface area contributed by atoms with Gasteiger partial charge in [0.2, 0.25) is 0 Å². The van der Waals surface area contributed by atoms with Gasteiger partial charge >= 0.3 is 0 Å². The first kappa shape index (κ1) is 18.7. The molecule has 0 aromatic rings. The molecule has 0 fully saturated rings. The summed E-state index contributed by atoms with van der Waals surface area (Å²) >= 11 is 0. The molecule has 0 heterocycles. The second-order valence-electron chi connectivity index (χ2n) is 4.55. The van der Waals surface area contributed by atoms with Gasteiger partial charge in [0.25, 0.3) is 0 Å². The molecule has 3 nitrogen and oxygen atoms in total. The zero-order valence-corrected chi connectivity index (χ0v) is 12.7. The van der Waals surface area contributed by atoms with E-state index < -0.39 is 5.92 Å². The Morgan fingerprint density at radius 2 is 1.06 bits per heavy atom. The lowest BCUT2D eigenvalue weighted by Crippen LogP contribution is -2.47. The number of Topliss-reactive ketones (excluding diaryl/α,β-unsaturated/α-hetero) is 2. The van der Waals surface area contributed by atoms with Gasteiger partial charge in [0, 0.05) is 0 Å². The molecule has 0 aliphatic heterocycles. The highest BCUT2D eigenvalue weighted by atomic mass is 16.1. The van der Waals surface area contributed by atoms with Crippen molar-refractivity contribution in [2.24, 2.45) is 5.92 Å². The Balaban J connectivity index is 0. The van der Waals surface area contributed by atoms with Crippen molar-refractivity contribution in [2.75, 3.05) is 26.2 Å². The highest BCUT2D eigenvalue weighted by molar-refractivity contribution is 5.99. The SMILES string of the molecule is CC(=O)C(C)C(C)=O.CC[N+](CC)(CC)CC. The molecule has 3 heteroatoms. The zero-order chi connectivity index (χ0) is 14.1. The van der Waals surface area contributed by atoms with Crippen LogP contribution in [0.25, 0.3) is 0 Å². The minimum atomic E-state index is -0.407. The molecule has 0 bridgehead atoms. The fourth-order valence-electron chi connectivity index (χ4n) is 1.63. The van der Waals surface area contributed by atoms with E-state index in [1.165, 1.54) is 44.5 Å². The van der Waals surface area contributed by atoms with Crippen molar-refractivity contribution in [1.29, 1.82) is 0 Å². The summed E-state index contributed by atoms with van der Waals surface area (Å²) in [5.41, 5.74) is 0. The summed E-state index contributed by atoms with van der Waals surface area (Å²) < 4.78 is 1.28. The highest BCUT2D eigenvalue weighted by Crippen LogP contribution is 2.03. The van der Waals surface area contributed by atoms with Crippen molar-refractivity contribution < 1.29 is 14.1 Å². The lowest BCUT2D eigenvalue weighted by molar-refractivity contribution is -0.921. The average Bonchev–Trinajstić information content (AvgIpc) is 2.32. The van der Waals surface area contributed by atoms with Crippen LogP contribution in [0.4, 0.5) is 0 Å². The van der Waals surface area contributed by atoms with Crippen LogP contribution in [0.2, 0.25) is 0 Å². The molecule has 0 aliphatic rings. The van der Waals surface area contributed by atoms with Crippen molar-refractivity contribution >= 4 is 11.6 Å². The largest absolute Gasteiger partial charge is 0.325 e. The van der Waals surface area contributed by atoms with Crippen LogP contribution >= 0.6 is 0 Å². The molecule has 0 saturated heterocycles. The van der Waals surface area contributed by atoms with E-state index >= 15 is 0 Å². The second kappa shape index (κ2) is 9.34. The standard InChI is InChI=1S/C8H20N.C6H10O2/c1-5-9(6-2,7-3)8-4;1-4(5(2)7)6(3)8/h5-8H2,1-4H3;4H,1-3H3/q+1;. The van der Waals surface area contributed by atoms with E-state index in [9.17, 15) is 9.59 Å². The van der Waals surface area contributed by atoms with Crippen LogP contribution in [0.1, 0.15) is 48.5 Å². The van der Waals surface area contributed by atoms with Gasteiger partial charge in [-0.15, -0.1) is 0 Å². The van der Waals surface area contributed by atoms with Crippen LogP contribution in [0.15, 0.2) is 0 Å². The van der Waals surface area contributed by atoms with Crippen molar-refractivity contribution in [3.8, 4) is 0 Å². The maximum atomic E-state index is 10.4. The van der Waals surface area contributed by atoms with Gasteiger partial charge in [-0.25, -0.2) is 0 Å². The number of hydrogen-bond acceptors (Lipinski definition) is 2. The molecule has 0 atom stereocenters. The summed E-state index contributed by atoms with van der Waals surface area (Å²) in [5.74, 6) is -0.523. The Bertz CT molecular complexity index is 201. The first-order valence-corrected chi connectivity index (χ1v) is 6.66. The summed E-state index contributed by atoms with van der Waals surface area (Å²) in [6.45, 7) is 18.7. The Hall–Kier alpha value is -0.700. The van der Waals surface area contributed by atoms with E-state index in [-0.39, 0.29) is 11.6 Å². The molecule has 0 aliphatic carbocycles. The third-order valence-electron chi connectivity index (χ3n) is 3.90. The summed E-state index contributed by atoms with van der Waals surface area (Å²) in [4.78, 5) is 20.7. The molecule has 0 radical (unpaired) electrons. The molecule has 0 rings (SSSR count). The van der Waals surface area contributed by atoms with E-state index in [1.807, 2.05) is 0 Å². The molecule has 17 heavy (non-hydrogen) atoms. The Morgan fingerprint density at radius 3 is 1.06 bits per heavy atom. The molecule has 0 aromatic heterocycles. The summed E-state index contributed by atoms with van der Waals surface area (Å²) in [5, 5.41) is 0. The fraction of sp³-hybridized carbons (Fsp3) is 0.857. The van der Waals surface area contributed by atoms with Gasteiger partial charge in [-0.05, 0) is 48.5 Å². The Kier molecular flexibility index (Phi) is 10.3. The van der Waals surface area contributed by atoms with Gasteiger partial charge in [0.1, 0.15) is 11.6 Å². The molecule has 102 valence electrons. The number of carbonyl (C=O) groups excluding carboxylic acids is 2. The molecule has 0 spiro atoms. The topological polar surface area (TPSA) is 34.1 Å². The van der Waals surface area contributed by atoms with Gasteiger partial charge < -0.3 is 4.48 Å². The Morgan fingerprint density at radius 1 is 0.824 bits per heavy atom. The van der Waals surface area contributed by atoms with Crippen LogP contribution in [0.5, 0.6) is 0 Å². The second-order valence-corrected chi connectivity index (χ2v) is 4.55. The third-order valence-corrected chi connectivity index (χ3v) is 3.90. The first-order chi connectivity index (χ1) is 7.80. The van der Waals surface area contributed by atoms with Gasteiger partial charge in [-0.1, -0.05) is 0 Å². The van der Waals surface area contributed by atoms with E-state index in [2.05, 4.69) is 27.7 Å². The number of carbonyl (C=O) groups is 2. The summed E-state index contributed by atoms with van der Waals surface area (Å²) in [6.07, 6.45) is 0. The number of quaternary nitrogens is 1. The number of hydrogen-bond donors (Lipinski definition) is 0. The van der Waals surface area contributed by atoms with Gasteiger partial charge in [-0.2, -0.15) is 0 Å². The molecule has 0 amide bonds. The molecule has 0 saturated carbocycles. The number of ketones is 2. The fourth-order valence-corrected chi connectivity index (χ4v) is 1.63. The minimum absolute atomic E-state index is 0.0579. The molecular weight excluding hydrogens is 214 g/mol. The third kappa shape index (κ3) is 7.27. The molecular formula is C14H30NO2+. The highest BCUT2D eigenvalue weighted by Gasteiger charge is 2.16. The quantitative estimate of drug-likeness (QED) is 0.532. The van der Waals surface area contributed by atoms with Gasteiger partial charge in [-0.3, -0.25) is 9.59 Å². The normalized spacial score (nSPS) is 10.8. The van der Waals surface area contributed by atoms with Crippen molar-refractivity contribution in [2.45, 2.75) is 48.5 Å². The van der Waals surface area contributed by atoms with Gasteiger partial charge in [0.15, 0.2) is 0 Å². The van der Waals surface area contributed by atoms with Crippen LogP contribution in [-0.4, -0.2) is 42.2 Å². The minimum Gasteiger partial charge on any atom is -0.325 e. The van der Waals surface area contributed by atoms with Gasteiger partial charge in [0.05, 0.1) is 32.1 Å². The predicted octanol–water partition coefficient (Wildman–Crippen LogP) is 2.68. The van der Waals surface area contributed by atoms with Crippen molar-refractivity contribution in [1.82, 2.24) is 0 Å². The van der Waals surface area contributed by atoms with E-state index in [1.54, 1.807) is 6.92 Å². The average molecular weight is 244 g/mol. The monoisotopic (exact) mass is 244 g/mol. The molecule has 0 unspecified atom stereocenters. The maximum absolute atomic E-state index is 10.4. The van der Waals surface area contributed by atoms with E-state index in [0.29, 0.717) is 0 Å². The Labute approximate surface area is 107 Å². The van der Waals surface area contributed by atoms with Crippen LogP contribution in [-0.2, 0) is 9.59 Å². The van der Waals surface area contributed by atoms with Crippen molar-refractivity contribution in [3.05, 3.63) is 0 Å². The van der Waals surface area contributed by atoms with Crippen LogP contribution in [0.3, 0.4) is 0 Å². The molecule has 0 N–H and O–H groups in total. The zero-order valence-electron chi connectivity index (χ0n) is 12.7. The maximum Gasteiger partial charge on any atom is 0.139 e. The molecule has 0 aromatic carbocycles. The van der Waals surface area contributed by atoms with E-state index in [0.717, 1.165) is 0 Å². The number of nitrogens with zero attached hydrogens (tertiary/aromatic N) is 1. The van der Waals surface area contributed by atoms with E-state index in [4.69, 9.17) is 0 Å². The number of rotatable bonds is 6. The van der Waals surface area contributed by atoms with Crippen LogP contribution < -0.4 is 0 Å². The lowest BCUT2D eigenvalue weighted by Gasteiger charge is -2.34. The predicted molar refractivity (Wildman–Crippen MR) is 73.0 cm³/mol. The van der Waals surface area contributed by atoms with Crippen LogP contribution in [0, 0.1) is 5.92 Å². The lowest BCUT2D eigenvalue weighted by atomic mass is 10.0.